The van der Waals surface area contributed by atoms with Crippen LogP contribution in [0.1, 0.15) is 38.9 Å². The Hall–Kier alpha value is -0.900. The summed E-state index contributed by atoms with van der Waals surface area (Å²) in [6.45, 7) is 4.38. The molecule has 0 saturated heterocycles. The molecule has 88 valence electrons. The molecule has 1 aromatic heterocycles. The van der Waals surface area contributed by atoms with Gasteiger partial charge in [-0.1, -0.05) is 26.0 Å². The molecule has 1 aromatic rings. The van der Waals surface area contributed by atoms with E-state index in [0.717, 1.165) is 17.4 Å². The number of hydrogen-bond acceptors (Lipinski definition) is 4. The van der Waals surface area contributed by atoms with E-state index in [1.54, 1.807) is 0 Å². The Balaban J connectivity index is 1.91. The van der Waals surface area contributed by atoms with E-state index in [9.17, 15) is 0 Å². The Morgan fingerprint density at radius 2 is 2.44 bits per heavy atom. The molecule has 1 aliphatic carbocycles. The first-order chi connectivity index (χ1) is 7.74. The van der Waals surface area contributed by atoms with Crippen molar-refractivity contribution in [2.75, 3.05) is 5.32 Å². The molecule has 2 rings (SSSR count). The van der Waals surface area contributed by atoms with E-state index in [-0.39, 0.29) is 0 Å². The smallest absolute Gasteiger partial charge is 0.203 e. The van der Waals surface area contributed by atoms with Crippen molar-refractivity contribution in [2.24, 2.45) is 5.92 Å². The molecule has 0 saturated carbocycles. The molecule has 0 spiro atoms. The van der Waals surface area contributed by atoms with Gasteiger partial charge >= 0.3 is 0 Å². The van der Waals surface area contributed by atoms with Gasteiger partial charge in [0.1, 0.15) is 5.82 Å². The minimum atomic E-state index is 0.452. The Labute approximate surface area is 101 Å². The van der Waals surface area contributed by atoms with Gasteiger partial charge in [0.05, 0.1) is 0 Å². The molecule has 1 N–H and O–H groups in total. The molecule has 0 aliphatic heterocycles. The average Bonchev–Trinajstić information content (AvgIpc) is 2.66. The van der Waals surface area contributed by atoms with Crippen LogP contribution in [0.5, 0.6) is 0 Å². The molecule has 0 aromatic carbocycles. The quantitative estimate of drug-likeness (QED) is 0.817. The Kier molecular flexibility index (Phi) is 3.93. The summed E-state index contributed by atoms with van der Waals surface area (Å²) in [4.78, 5) is 4.51. The van der Waals surface area contributed by atoms with E-state index in [2.05, 4.69) is 40.7 Å². The molecule has 0 bridgehead atoms. The van der Waals surface area contributed by atoms with Crippen molar-refractivity contribution < 1.29 is 0 Å². The molecular weight excluding hydrogens is 218 g/mol. The van der Waals surface area contributed by atoms with Gasteiger partial charge < -0.3 is 5.32 Å². The fourth-order valence-electron chi connectivity index (χ4n) is 1.85. The van der Waals surface area contributed by atoms with Crippen molar-refractivity contribution in [1.29, 1.82) is 0 Å². The predicted octanol–water partition coefficient (Wildman–Crippen LogP) is 3.26. The maximum absolute atomic E-state index is 4.51. The second kappa shape index (κ2) is 5.43. The van der Waals surface area contributed by atoms with Crippen LogP contribution >= 0.6 is 11.5 Å². The van der Waals surface area contributed by atoms with Crippen molar-refractivity contribution >= 4 is 16.7 Å². The first-order valence-corrected chi connectivity index (χ1v) is 6.77. The van der Waals surface area contributed by atoms with Crippen LogP contribution in [0, 0.1) is 5.92 Å². The molecule has 0 radical (unpaired) electrons. The Morgan fingerprint density at radius 3 is 3.12 bits per heavy atom. The van der Waals surface area contributed by atoms with Crippen molar-refractivity contribution in [3.8, 4) is 0 Å². The fraction of sp³-hybridized carbons (Fsp3) is 0.667. The van der Waals surface area contributed by atoms with Gasteiger partial charge in [0.15, 0.2) is 0 Å². The zero-order valence-electron chi connectivity index (χ0n) is 9.94. The normalized spacial score (nSPS) is 20.3. The summed E-state index contributed by atoms with van der Waals surface area (Å²) in [5.74, 6) is 1.60. The molecule has 3 nitrogen and oxygen atoms in total. The molecule has 1 aliphatic rings. The largest absolute Gasteiger partial charge is 0.354 e. The van der Waals surface area contributed by atoms with Gasteiger partial charge in [-0.25, -0.2) is 4.98 Å². The van der Waals surface area contributed by atoms with Crippen LogP contribution in [0.25, 0.3) is 0 Å². The standard InChI is InChI=1S/C12H19N3S/c1-9(2)8-11-14-12(16-15-11)13-10-6-4-3-5-7-10/h4,6,9-10H,3,5,7-8H2,1-2H3,(H,13,14,15). The van der Waals surface area contributed by atoms with Crippen LogP contribution in [-0.2, 0) is 6.42 Å². The molecule has 1 unspecified atom stereocenters. The molecule has 0 fully saturated rings. The summed E-state index contributed by atoms with van der Waals surface area (Å²) in [6, 6.07) is 0.452. The zero-order valence-corrected chi connectivity index (χ0v) is 10.8. The number of allylic oxidation sites excluding steroid dienone is 1. The number of nitrogens with zero attached hydrogens (tertiary/aromatic N) is 2. The van der Waals surface area contributed by atoms with E-state index in [0.29, 0.717) is 12.0 Å². The van der Waals surface area contributed by atoms with Gasteiger partial charge in [0, 0.05) is 24.0 Å². The van der Waals surface area contributed by atoms with E-state index in [4.69, 9.17) is 0 Å². The first-order valence-electron chi connectivity index (χ1n) is 6.00. The van der Waals surface area contributed by atoms with E-state index in [1.807, 2.05) is 0 Å². The zero-order chi connectivity index (χ0) is 11.4. The summed E-state index contributed by atoms with van der Waals surface area (Å²) in [6.07, 6.45) is 9.15. The van der Waals surface area contributed by atoms with Crippen molar-refractivity contribution in [3.63, 3.8) is 0 Å². The third-order valence-electron chi connectivity index (χ3n) is 2.62. The van der Waals surface area contributed by atoms with Crippen molar-refractivity contribution in [3.05, 3.63) is 18.0 Å². The molecule has 1 heterocycles. The van der Waals surface area contributed by atoms with Crippen molar-refractivity contribution in [1.82, 2.24) is 9.36 Å². The molecular formula is C12H19N3S. The monoisotopic (exact) mass is 237 g/mol. The first kappa shape index (κ1) is 11.6. The molecule has 16 heavy (non-hydrogen) atoms. The maximum atomic E-state index is 4.51. The van der Waals surface area contributed by atoms with Crippen LogP contribution in [-0.4, -0.2) is 15.4 Å². The summed E-state index contributed by atoms with van der Waals surface area (Å²) in [5.41, 5.74) is 0. The van der Waals surface area contributed by atoms with Gasteiger partial charge in [-0.15, -0.1) is 0 Å². The number of aromatic nitrogens is 2. The highest BCUT2D eigenvalue weighted by atomic mass is 32.1. The lowest BCUT2D eigenvalue weighted by atomic mass is 10.0. The van der Waals surface area contributed by atoms with Gasteiger partial charge in [-0.05, 0) is 25.2 Å². The fourth-order valence-corrected chi connectivity index (χ4v) is 2.51. The molecule has 1 atom stereocenters. The number of hydrogen-bond donors (Lipinski definition) is 1. The second-order valence-corrected chi connectivity index (χ2v) is 5.48. The summed E-state index contributed by atoms with van der Waals surface area (Å²) >= 11 is 1.48. The SMILES string of the molecule is CC(C)Cc1nsc(NC2C=CCCC2)n1. The summed E-state index contributed by atoms with van der Waals surface area (Å²) < 4.78 is 4.37. The minimum Gasteiger partial charge on any atom is -0.354 e. The summed E-state index contributed by atoms with van der Waals surface area (Å²) in [5, 5.41) is 4.40. The van der Waals surface area contributed by atoms with E-state index in [1.165, 1.54) is 30.8 Å². The second-order valence-electron chi connectivity index (χ2n) is 4.72. The van der Waals surface area contributed by atoms with Crippen LogP contribution in [0.2, 0.25) is 0 Å². The minimum absolute atomic E-state index is 0.452. The van der Waals surface area contributed by atoms with Crippen molar-refractivity contribution in [2.45, 2.75) is 45.6 Å². The van der Waals surface area contributed by atoms with E-state index < -0.39 is 0 Å². The molecule has 0 amide bonds. The average molecular weight is 237 g/mol. The van der Waals surface area contributed by atoms with Crippen LogP contribution in [0.3, 0.4) is 0 Å². The number of nitrogens with one attached hydrogen (secondary N) is 1. The highest BCUT2D eigenvalue weighted by Gasteiger charge is 2.11. The lowest BCUT2D eigenvalue weighted by molar-refractivity contribution is 0.626. The topological polar surface area (TPSA) is 37.8 Å². The van der Waals surface area contributed by atoms with Gasteiger partial charge in [-0.3, -0.25) is 0 Å². The lowest BCUT2D eigenvalue weighted by Crippen LogP contribution is -2.18. The number of rotatable bonds is 4. The Morgan fingerprint density at radius 1 is 1.56 bits per heavy atom. The summed E-state index contributed by atoms with van der Waals surface area (Å²) in [7, 11) is 0. The highest BCUT2D eigenvalue weighted by molar-refractivity contribution is 7.09. The highest BCUT2D eigenvalue weighted by Crippen LogP contribution is 2.19. The van der Waals surface area contributed by atoms with Gasteiger partial charge in [0.25, 0.3) is 0 Å². The maximum Gasteiger partial charge on any atom is 0.203 e. The predicted molar refractivity (Wildman–Crippen MR) is 68.9 cm³/mol. The third kappa shape index (κ3) is 3.30. The van der Waals surface area contributed by atoms with Crippen LogP contribution in [0.15, 0.2) is 12.2 Å². The van der Waals surface area contributed by atoms with Crippen LogP contribution in [0.4, 0.5) is 5.13 Å². The van der Waals surface area contributed by atoms with Gasteiger partial charge in [0.2, 0.25) is 5.13 Å². The third-order valence-corrected chi connectivity index (χ3v) is 3.31. The molecule has 4 heteroatoms. The lowest BCUT2D eigenvalue weighted by Gasteiger charge is -2.16. The number of anilines is 1. The Bertz CT molecular complexity index is 357. The van der Waals surface area contributed by atoms with Gasteiger partial charge in [-0.2, -0.15) is 4.37 Å². The van der Waals surface area contributed by atoms with E-state index >= 15 is 0 Å². The van der Waals surface area contributed by atoms with Crippen LogP contribution < -0.4 is 5.32 Å².